The van der Waals surface area contributed by atoms with Crippen molar-refractivity contribution < 1.29 is 0 Å². The lowest BCUT2D eigenvalue weighted by Crippen LogP contribution is -2.58. The number of hydrogen-bond donors (Lipinski definition) is 1. The summed E-state index contributed by atoms with van der Waals surface area (Å²) in [5.74, 6) is 0. The fraction of sp³-hybridized carbons (Fsp3) is 1.00. The molecule has 1 fully saturated rings. The first-order valence-corrected chi connectivity index (χ1v) is 9.17. The van der Waals surface area contributed by atoms with Gasteiger partial charge in [0.15, 0.2) is 0 Å². The van der Waals surface area contributed by atoms with Gasteiger partial charge in [0, 0.05) is 11.6 Å². The average molecular weight is 283 g/mol. The molecule has 1 aliphatic rings. The van der Waals surface area contributed by atoms with Gasteiger partial charge < -0.3 is 5.32 Å². The highest BCUT2D eigenvalue weighted by atomic mass is 15.2. The zero-order chi connectivity index (χ0) is 14.8. The predicted octanol–water partition coefficient (Wildman–Crippen LogP) is 4.59. The Morgan fingerprint density at radius 3 is 2.25 bits per heavy atom. The molecule has 20 heavy (non-hydrogen) atoms. The third-order valence-corrected chi connectivity index (χ3v) is 5.28. The van der Waals surface area contributed by atoms with Gasteiger partial charge >= 0.3 is 0 Å². The third kappa shape index (κ3) is 5.04. The number of hydrogen-bond acceptors (Lipinski definition) is 2. The van der Waals surface area contributed by atoms with E-state index < -0.39 is 0 Å². The largest absolute Gasteiger partial charge is 0.312 e. The maximum absolute atomic E-state index is 3.87. The van der Waals surface area contributed by atoms with Crippen molar-refractivity contribution >= 4 is 0 Å². The lowest BCUT2D eigenvalue weighted by Gasteiger charge is -2.45. The molecule has 0 bridgehead atoms. The Labute approximate surface area is 127 Å². The van der Waals surface area contributed by atoms with E-state index in [0.29, 0.717) is 11.6 Å². The minimum atomic E-state index is 0.359. The molecule has 2 atom stereocenters. The van der Waals surface area contributed by atoms with Crippen molar-refractivity contribution in [2.75, 3.05) is 19.6 Å². The van der Waals surface area contributed by atoms with Crippen molar-refractivity contribution in [1.82, 2.24) is 10.2 Å². The van der Waals surface area contributed by atoms with E-state index in [-0.39, 0.29) is 0 Å². The van der Waals surface area contributed by atoms with Crippen LogP contribution in [0.3, 0.4) is 0 Å². The SMILES string of the molecule is CCCCCCC(NCCC)C(C)(CC)N1CCCC1. The van der Waals surface area contributed by atoms with E-state index in [0.717, 1.165) is 0 Å². The summed E-state index contributed by atoms with van der Waals surface area (Å²) in [6.45, 7) is 13.2. The van der Waals surface area contributed by atoms with Gasteiger partial charge in [0.05, 0.1) is 0 Å². The Balaban J connectivity index is 2.60. The Kier molecular flexibility index (Phi) is 8.79. The summed E-state index contributed by atoms with van der Waals surface area (Å²) >= 11 is 0. The lowest BCUT2D eigenvalue weighted by atomic mass is 9.84. The molecule has 0 radical (unpaired) electrons. The van der Waals surface area contributed by atoms with Gasteiger partial charge in [0.2, 0.25) is 0 Å². The van der Waals surface area contributed by atoms with Gasteiger partial charge in [0.1, 0.15) is 0 Å². The third-order valence-electron chi connectivity index (χ3n) is 5.28. The molecular weight excluding hydrogens is 244 g/mol. The Morgan fingerprint density at radius 1 is 1.00 bits per heavy atom. The number of unbranched alkanes of at least 4 members (excludes halogenated alkanes) is 3. The molecule has 0 aromatic heterocycles. The van der Waals surface area contributed by atoms with E-state index in [2.05, 4.69) is 37.9 Å². The summed E-state index contributed by atoms with van der Waals surface area (Å²) in [5.41, 5.74) is 0.359. The first-order chi connectivity index (χ1) is 9.69. The molecule has 1 heterocycles. The standard InChI is InChI=1S/C18H38N2/c1-5-8-9-10-13-17(19-14-6-2)18(4,7-3)20-15-11-12-16-20/h17,19H,5-16H2,1-4H3. The molecular formula is C18H38N2. The molecule has 2 heteroatoms. The van der Waals surface area contributed by atoms with E-state index in [1.165, 1.54) is 77.4 Å². The van der Waals surface area contributed by atoms with E-state index in [9.17, 15) is 0 Å². The highest BCUT2D eigenvalue weighted by Crippen LogP contribution is 2.30. The molecule has 0 aromatic rings. The van der Waals surface area contributed by atoms with Crippen LogP contribution in [-0.2, 0) is 0 Å². The molecule has 0 saturated carbocycles. The fourth-order valence-electron chi connectivity index (χ4n) is 3.65. The van der Waals surface area contributed by atoms with E-state index in [1.54, 1.807) is 0 Å². The van der Waals surface area contributed by atoms with Gasteiger partial charge in [-0.05, 0) is 58.7 Å². The second-order valence-corrected chi connectivity index (χ2v) is 6.76. The van der Waals surface area contributed by atoms with E-state index in [4.69, 9.17) is 0 Å². The highest BCUT2D eigenvalue weighted by molar-refractivity contribution is 4.97. The Hall–Kier alpha value is -0.0800. The van der Waals surface area contributed by atoms with Gasteiger partial charge in [-0.15, -0.1) is 0 Å². The molecule has 0 spiro atoms. The molecule has 0 aromatic carbocycles. The maximum atomic E-state index is 3.87. The number of rotatable bonds is 11. The zero-order valence-corrected chi connectivity index (χ0v) is 14.5. The van der Waals surface area contributed by atoms with Crippen molar-refractivity contribution in [1.29, 1.82) is 0 Å². The van der Waals surface area contributed by atoms with Gasteiger partial charge in [-0.3, -0.25) is 4.90 Å². The van der Waals surface area contributed by atoms with Crippen LogP contribution in [0.5, 0.6) is 0 Å². The normalized spacial score (nSPS) is 21.0. The highest BCUT2D eigenvalue weighted by Gasteiger charge is 2.38. The van der Waals surface area contributed by atoms with Gasteiger partial charge in [-0.1, -0.05) is 46.5 Å². The summed E-state index contributed by atoms with van der Waals surface area (Å²) in [4.78, 5) is 2.76. The Morgan fingerprint density at radius 2 is 1.70 bits per heavy atom. The van der Waals surface area contributed by atoms with Crippen LogP contribution in [0.25, 0.3) is 0 Å². The molecule has 1 saturated heterocycles. The molecule has 120 valence electrons. The molecule has 0 aliphatic carbocycles. The van der Waals surface area contributed by atoms with Crippen LogP contribution in [0.2, 0.25) is 0 Å². The Bertz CT molecular complexity index is 236. The van der Waals surface area contributed by atoms with Crippen LogP contribution in [-0.4, -0.2) is 36.1 Å². The predicted molar refractivity (Wildman–Crippen MR) is 90.3 cm³/mol. The molecule has 2 unspecified atom stereocenters. The summed E-state index contributed by atoms with van der Waals surface area (Å²) in [7, 11) is 0. The first kappa shape index (κ1) is 18.0. The van der Waals surface area contributed by atoms with E-state index >= 15 is 0 Å². The molecule has 1 rings (SSSR count). The number of nitrogens with one attached hydrogen (secondary N) is 1. The number of likely N-dealkylation sites (tertiary alicyclic amines) is 1. The lowest BCUT2D eigenvalue weighted by molar-refractivity contribution is 0.0790. The summed E-state index contributed by atoms with van der Waals surface area (Å²) in [5, 5.41) is 3.87. The maximum Gasteiger partial charge on any atom is 0.0331 e. The quantitative estimate of drug-likeness (QED) is 0.558. The second kappa shape index (κ2) is 9.78. The van der Waals surface area contributed by atoms with Crippen LogP contribution in [0.1, 0.15) is 85.5 Å². The molecule has 2 nitrogen and oxygen atoms in total. The van der Waals surface area contributed by atoms with Gasteiger partial charge in [-0.25, -0.2) is 0 Å². The second-order valence-electron chi connectivity index (χ2n) is 6.76. The fourth-order valence-corrected chi connectivity index (χ4v) is 3.65. The van der Waals surface area contributed by atoms with Crippen LogP contribution >= 0.6 is 0 Å². The average Bonchev–Trinajstić information content (AvgIpc) is 3.00. The van der Waals surface area contributed by atoms with Crippen LogP contribution in [0.4, 0.5) is 0 Å². The number of nitrogens with zero attached hydrogens (tertiary/aromatic N) is 1. The van der Waals surface area contributed by atoms with Crippen LogP contribution in [0, 0.1) is 0 Å². The summed E-state index contributed by atoms with van der Waals surface area (Å²) in [6.07, 6.45) is 12.2. The zero-order valence-electron chi connectivity index (χ0n) is 14.5. The first-order valence-electron chi connectivity index (χ1n) is 9.17. The van der Waals surface area contributed by atoms with Crippen molar-refractivity contribution in [2.45, 2.75) is 97.1 Å². The van der Waals surface area contributed by atoms with Crippen LogP contribution < -0.4 is 5.32 Å². The molecule has 0 amide bonds. The smallest absolute Gasteiger partial charge is 0.0331 e. The van der Waals surface area contributed by atoms with Crippen molar-refractivity contribution in [3.63, 3.8) is 0 Å². The van der Waals surface area contributed by atoms with Crippen molar-refractivity contribution in [3.8, 4) is 0 Å². The van der Waals surface area contributed by atoms with E-state index in [1.807, 2.05) is 0 Å². The minimum absolute atomic E-state index is 0.359. The summed E-state index contributed by atoms with van der Waals surface area (Å²) in [6, 6.07) is 0.669. The van der Waals surface area contributed by atoms with Crippen molar-refractivity contribution in [3.05, 3.63) is 0 Å². The van der Waals surface area contributed by atoms with Crippen LogP contribution in [0.15, 0.2) is 0 Å². The van der Waals surface area contributed by atoms with Crippen molar-refractivity contribution in [2.24, 2.45) is 0 Å². The minimum Gasteiger partial charge on any atom is -0.312 e. The topological polar surface area (TPSA) is 15.3 Å². The summed E-state index contributed by atoms with van der Waals surface area (Å²) < 4.78 is 0. The molecule has 1 aliphatic heterocycles. The van der Waals surface area contributed by atoms with Gasteiger partial charge in [-0.2, -0.15) is 0 Å². The van der Waals surface area contributed by atoms with Gasteiger partial charge in [0.25, 0.3) is 0 Å². The monoisotopic (exact) mass is 282 g/mol. The molecule has 1 N–H and O–H groups in total.